The quantitative estimate of drug-likeness (QED) is 0.786. The Bertz CT molecular complexity index is 786. The van der Waals surface area contributed by atoms with Gasteiger partial charge in [-0.15, -0.1) is 11.8 Å². The molecule has 0 saturated heterocycles. The van der Waals surface area contributed by atoms with Crippen LogP contribution in [0.5, 0.6) is 0 Å². The SMILES string of the molecule is N#Cc1c(NC2CC2)nc(SCCO)c(C#N)c1-c1ccco1. The third kappa shape index (κ3) is 3.16. The zero-order chi connectivity index (χ0) is 16.2. The van der Waals surface area contributed by atoms with Crippen molar-refractivity contribution >= 4 is 17.6 Å². The zero-order valence-corrected chi connectivity index (χ0v) is 13.1. The molecule has 0 amide bonds. The lowest BCUT2D eigenvalue weighted by atomic mass is 10.0. The summed E-state index contributed by atoms with van der Waals surface area (Å²) in [5.41, 5.74) is 1.08. The number of nitrogens with zero attached hydrogens (tertiary/aromatic N) is 3. The summed E-state index contributed by atoms with van der Waals surface area (Å²) in [5, 5.41) is 31.9. The van der Waals surface area contributed by atoms with E-state index in [4.69, 9.17) is 9.52 Å². The largest absolute Gasteiger partial charge is 0.464 e. The Labute approximate surface area is 137 Å². The number of hydrogen-bond donors (Lipinski definition) is 2. The first-order chi connectivity index (χ1) is 11.3. The number of aliphatic hydroxyl groups excluding tert-OH is 1. The average molecular weight is 326 g/mol. The van der Waals surface area contributed by atoms with Gasteiger partial charge in [0.05, 0.1) is 24.0 Å². The van der Waals surface area contributed by atoms with E-state index in [2.05, 4.69) is 22.4 Å². The highest BCUT2D eigenvalue weighted by Gasteiger charge is 2.27. The molecule has 7 heteroatoms. The molecule has 0 radical (unpaired) electrons. The topological polar surface area (TPSA) is 106 Å². The number of aromatic nitrogens is 1. The number of thioether (sulfide) groups is 1. The normalized spacial score (nSPS) is 13.3. The minimum atomic E-state index is -0.0152. The fourth-order valence-corrected chi connectivity index (χ4v) is 2.95. The molecule has 2 N–H and O–H groups in total. The van der Waals surface area contributed by atoms with Crippen LogP contribution in [0.2, 0.25) is 0 Å². The molecule has 2 aromatic rings. The fraction of sp³-hybridized carbons (Fsp3) is 0.312. The molecular formula is C16H14N4O2S. The molecule has 0 spiro atoms. The molecule has 0 aliphatic heterocycles. The summed E-state index contributed by atoms with van der Waals surface area (Å²) in [6, 6.07) is 8.03. The van der Waals surface area contributed by atoms with E-state index in [1.165, 1.54) is 18.0 Å². The van der Waals surface area contributed by atoms with Crippen molar-refractivity contribution in [2.45, 2.75) is 23.9 Å². The van der Waals surface area contributed by atoms with Crippen molar-refractivity contribution in [2.24, 2.45) is 0 Å². The van der Waals surface area contributed by atoms with Gasteiger partial charge in [0, 0.05) is 11.8 Å². The van der Waals surface area contributed by atoms with Crippen LogP contribution < -0.4 is 5.32 Å². The highest BCUT2D eigenvalue weighted by atomic mass is 32.2. The molecule has 2 aromatic heterocycles. The van der Waals surface area contributed by atoms with Crippen LogP contribution in [-0.2, 0) is 0 Å². The Morgan fingerprint density at radius 1 is 1.35 bits per heavy atom. The van der Waals surface area contributed by atoms with Crippen LogP contribution in [0.3, 0.4) is 0 Å². The van der Waals surface area contributed by atoms with Crippen molar-refractivity contribution < 1.29 is 9.52 Å². The summed E-state index contributed by atoms with van der Waals surface area (Å²) in [6.45, 7) is -0.0152. The van der Waals surface area contributed by atoms with E-state index in [1.54, 1.807) is 12.1 Å². The predicted octanol–water partition coefficient (Wildman–Crippen LogP) is 2.74. The Kier molecular flexibility index (Phi) is 4.52. The summed E-state index contributed by atoms with van der Waals surface area (Å²) in [7, 11) is 0. The van der Waals surface area contributed by atoms with Crippen LogP contribution in [0.25, 0.3) is 11.3 Å². The minimum Gasteiger partial charge on any atom is -0.464 e. The number of rotatable bonds is 6. The van der Waals surface area contributed by atoms with Crippen molar-refractivity contribution in [2.75, 3.05) is 17.7 Å². The maximum absolute atomic E-state index is 9.59. The molecule has 1 aliphatic rings. The molecule has 116 valence electrons. The number of aliphatic hydroxyl groups is 1. The second kappa shape index (κ2) is 6.74. The van der Waals surface area contributed by atoms with Crippen LogP contribution in [0.15, 0.2) is 27.8 Å². The second-order valence-corrected chi connectivity index (χ2v) is 6.17. The standard InChI is InChI=1S/C16H14N4O2S/c17-8-11-14(13-2-1-6-22-13)12(9-18)16(23-7-5-21)20-15(11)19-10-3-4-10/h1-2,6,10,21H,3-5,7H2,(H,19,20). The van der Waals surface area contributed by atoms with Gasteiger partial charge in [0.15, 0.2) is 0 Å². The molecule has 2 heterocycles. The lowest BCUT2D eigenvalue weighted by Crippen LogP contribution is -2.09. The monoisotopic (exact) mass is 326 g/mol. The number of hydrogen-bond acceptors (Lipinski definition) is 7. The summed E-state index contributed by atoms with van der Waals surface area (Å²) >= 11 is 1.29. The Balaban J connectivity index is 2.20. The van der Waals surface area contributed by atoms with Gasteiger partial charge in [-0.05, 0) is 25.0 Å². The molecule has 0 unspecified atom stereocenters. The van der Waals surface area contributed by atoms with Crippen LogP contribution in [-0.4, -0.2) is 28.5 Å². The van der Waals surface area contributed by atoms with Crippen molar-refractivity contribution in [3.8, 4) is 23.5 Å². The van der Waals surface area contributed by atoms with Gasteiger partial charge in [0.2, 0.25) is 0 Å². The average Bonchev–Trinajstić information content (AvgIpc) is 3.22. The minimum absolute atomic E-state index is 0.0152. The highest BCUT2D eigenvalue weighted by Crippen LogP contribution is 2.38. The van der Waals surface area contributed by atoms with Crippen molar-refractivity contribution in [3.63, 3.8) is 0 Å². The number of nitriles is 2. The second-order valence-electron chi connectivity index (χ2n) is 5.08. The lowest BCUT2D eigenvalue weighted by Gasteiger charge is -2.14. The van der Waals surface area contributed by atoms with Gasteiger partial charge in [-0.3, -0.25) is 0 Å². The summed E-state index contributed by atoms with van der Waals surface area (Å²) < 4.78 is 5.42. The van der Waals surface area contributed by atoms with Gasteiger partial charge in [0.1, 0.15) is 34.3 Å². The maximum atomic E-state index is 9.59. The first kappa shape index (κ1) is 15.4. The highest BCUT2D eigenvalue weighted by molar-refractivity contribution is 7.99. The summed E-state index contributed by atoms with van der Waals surface area (Å²) in [6.07, 6.45) is 3.59. The molecule has 3 rings (SSSR count). The fourth-order valence-electron chi connectivity index (χ4n) is 2.22. The van der Waals surface area contributed by atoms with E-state index in [9.17, 15) is 10.5 Å². The van der Waals surface area contributed by atoms with E-state index in [0.717, 1.165) is 12.8 Å². The smallest absolute Gasteiger partial charge is 0.146 e. The van der Waals surface area contributed by atoms with E-state index in [1.807, 2.05) is 0 Å². The van der Waals surface area contributed by atoms with Gasteiger partial charge in [-0.2, -0.15) is 10.5 Å². The van der Waals surface area contributed by atoms with Gasteiger partial charge in [-0.1, -0.05) is 0 Å². The van der Waals surface area contributed by atoms with Crippen LogP contribution in [0, 0.1) is 22.7 Å². The van der Waals surface area contributed by atoms with Crippen LogP contribution >= 0.6 is 11.8 Å². The molecule has 0 aromatic carbocycles. The molecular weight excluding hydrogens is 312 g/mol. The molecule has 0 atom stereocenters. The zero-order valence-electron chi connectivity index (χ0n) is 12.2. The molecule has 0 bridgehead atoms. The van der Waals surface area contributed by atoms with E-state index in [0.29, 0.717) is 45.1 Å². The number of anilines is 1. The summed E-state index contributed by atoms with van der Waals surface area (Å²) in [5.74, 6) is 1.36. The maximum Gasteiger partial charge on any atom is 0.146 e. The van der Waals surface area contributed by atoms with Gasteiger partial charge in [0.25, 0.3) is 0 Å². The first-order valence-corrected chi connectivity index (χ1v) is 8.19. The number of nitrogens with one attached hydrogen (secondary N) is 1. The Hall–Kier alpha value is -2.48. The Morgan fingerprint density at radius 2 is 2.13 bits per heavy atom. The van der Waals surface area contributed by atoms with Gasteiger partial charge in [-0.25, -0.2) is 4.98 Å². The van der Waals surface area contributed by atoms with E-state index in [-0.39, 0.29) is 6.61 Å². The van der Waals surface area contributed by atoms with Crippen LogP contribution in [0.1, 0.15) is 24.0 Å². The van der Waals surface area contributed by atoms with Crippen LogP contribution in [0.4, 0.5) is 5.82 Å². The van der Waals surface area contributed by atoms with Crippen molar-refractivity contribution in [1.82, 2.24) is 4.98 Å². The van der Waals surface area contributed by atoms with Gasteiger partial charge >= 0.3 is 0 Å². The lowest BCUT2D eigenvalue weighted by molar-refractivity contribution is 0.322. The van der Waals surface area contributed by atoms with E-state index >= 15 is 0 Å². The third-order valence-electron chi connectivity index (χ3n) is 3.40. The molecule has 1 aliphatic carbocycles. The third-order valence-corrected chi connectivity index (χ3v) is 4.36. The van der Waals surface area contributed by atoms with Gasteiger partial charge < -0.3 is 14.8 Å². The number of pyridine rings is 1. The number of furan rings is 1. The van der Waals surface area contributed by atoms with E-state index < -0.39 is 0 Å². The first-order valence-electron chi connectivity index (χ1n) is 7.20. The molecule has 6 nitrogen and oxygen atoms in total. The Morgan fingerprint density at radius 3 is 2.70 bits per heavy atom. The molecule has 23 heavy (non-hydrogen) atoms. The van der Waals surface area contributed by atoms with Crippen molar-refractivity contribution in [1.29, 1.82) is 10.5 Å². The predicted molar refractivity (Wildman–Crippen MR) is 85.8 cm³/mol. The summed E-state index contributed by atoms with van der Waals surface area (Å²) in [4.78, 5) is 4.46. The van der Waals surface area contributed by atoms with Crippen molar-refractivity contribution in [3.05, 3.63) is 29.5 Å². The molecule has 1 fully saturated rings. The molecule has 1 saturated carbocycles.